The molecule has 0 spiro atoms. The number of aromatic amines is 1. The summed E-state index contributed by atoms with van der Waals surface area (Å²) in [5.41, 5.74) is 5.21. The first-order valence-electron chi connectivity index (χ1n) is 7.07. The minimum absolute atomic E-state index is 0.0758. The van der Waals surface area contributed by atoms with E-state index in [0.717, 1.165) is 23.4 Å². The Labute approximate surface area is 122 Å². The molecule has 0 saturated carbocycles. The van der Waals surface area contributed by atoms with Crippen molar-refractivity contribution in [2.45, 2.75) is 12.3 Å². The first-order valence-corrected chi connectivity index (χ1v) is 7.07. The fourth-order valence-electron chi connectivity index (χ4n) is 2.83. The number of H-pyrrole nitrogens is 1. The van der Waals surface area contributed by atoms with E-state index in [2.05, 4.69) is 63.6 Å². The zero-order valence-corrected chi connectivity index (χ0v) is 11.8. The van der Waals surface area contributed by atoms with Crippen molar-refractivity contribution in [3.63, 3.8) is 0 Å². The zero-order chi connectivity index (χ0) is 14.3. The fraction of sp³-hybridized carbons (Fsp3) is 0.176. The van der Waals surface area contributed by atoms with E-state index in [4.69, 9.17) is 0 Å². The van der Waals surface area contributed by atoms with Crippen molar-refractivity contribution in [2.75, 3.05) is 6.54 Å². The molecule has 1 unspecified atom stereocenters. The Morgan fingerprint density at radius 2 is 1.90 bits per heavy atom. The quantitative estimate of drug-likeness (QED) is 0.756. The van der Waals surface area contributed by atoms with Gasteiger partial charge in [-0.15, -0.1) is 0 Å². The summed E-state index contributed by atoms with van der Waals surface area (Å²) >= 11 is 0. The third-order valence-electron chi connectivity index (χ3n) is 4.07. The van der Waals surface area contributed by atoms with Gasteiger partial charge < -0.3 is 10.3 Å². The molecule has 0 amide bonds. The molecule has 4 nitrogen and oxygen atoms in total. The van der Waals surface area contributed by atoms with Gasteiger partial charge in [0.15, 0.2) is 5.65 Å². The van der Waals surface area contributed by atoms with Crippen LogP contribution in [0, 0.1) is 0 Å². The van der Waals surface area contributed by atoms with Crippen LogP contribution in [0.2, 0.25) is 0 Å². The maximum Gasteiger partial charge on any atom is 0.156 e. The Balaban J connectivity index is 1.76. The number of nitrogens with zero attached hydrogens (tertiary/aromatic N) is 2. The minimum atomic E-state index is -0.0758. The largest absolute Gasteiger partial charge is 0.384 e. The number of nitrogens with one attached hydrogen (secondary N) is 2. The fourth-order valence-corrected chi connectivity index (χ4v) is 2.83. The lowest BCUT2D eigenvalue weighted by Crippen LogP contribution is -2.26. The third kappa shape index (κ3) is 2.00. The summed E-state index contributed by atoms with van der Waals surface area (Å²) in [6.45, 7) is 3.09. The van der Waals surface area contributed by atoms with Gasteiger partial charge in [-0.3, -0.25) is 4.98 Å². The molecule has 2 aromatic heterocycles. The summed E-state index contributed by atoms with van der Waals surface area (Å²) in [4.78, 5) is 12.1. The second-order valence-electron chi connectivity index (χ2n) is 5.67. The molecule has 1 aromatic carbocycles. The van der Waals surface area contributed by atoms with E-state index >= 15 is 0 Å². The van der Waals surface area contributed by atoms with E-state index in [1.807, 2.05) is 6.07 Å². The number of hydrogen-bond acceptors (Lipinski definition) is 3. The summed E-state index contributed by atoms with van der Waals surface area (Å²) < 4.78 is 0. The van der Waals surface area contributed by atoms with Gasteiger partial charge in [0.25, 0.3) is 0 Å². The highest BCUT2D eigenvalue weighted by Gasteiger charge is 2.32. The summed E-state index contributed by atoms with van der Waals surface area (Å²) in [5, 5.41) is 3.51. The predicted molar refractivity (Wildman–Crippen MR) is 83.7 cm³/mol. The van der Waals surface area contributed by atoms with Gasteiger partial charge in [0.2, 0.25) is 0 Å². The van der Waals surface area contributed by atoms with Crippen LogP contribution in [0.25, 0.3) is 16.9 Å². The molecule has 0 fully saturated rings. The SMILES string of the molecule is CC1(c2cc3nccnc3[nH]2)C=C(c2ccccc2)NC1. The predicted octanol–water partition coefficient (Wildman–Crippen LogP) is 2.86. The van der Waals surface area contributed by atoms with Crippen molar-refractivity contribution in [2.24, 2.45) is 0 Å². The van der Waals surface area contributed by atoms with Crippen LogP contribution in [0.4, 0.5) is 0 Å². The van der Waals surface area contributed by atoms with Crippen molar-refractivity contribution < 1.29 is 0 Å². The average molecular weight is 276 g/mol. The number of hydrogen-bond donors (Lipinski definition) is 2. The number of aromatic nitrogens is 3. The molecule has 1 atom stereocenters. The van der Waals surface area contributed by atoms with E-state index in [9.17, 15) is 0 Å². The van der Waals surface area contributed by atoms with Gasteiger partial charge in [0, 0.05) is 35.7 Å². The van der Waals surface area contributed by atoms with Gasteiger partial charge in [-0.2, -0.15) is 0 Å². The Morgan fingerprint density at radius 1 is 1.10 bits per heavy atom. The van der Waals surface area contributed by atoms with Gasteiger partial charge in [-0.05, 0) is 24.6 Å². The molecule has 4 rings (SSSR count). The highest BCUT2D eigenvalue weighted by atomic mass is 15.0. The van der Waals surface area contributed by atoms with Crippen LogP contribution in [0.1, 0.15) is 18.2 Å². The van der Waals surface area contributed by atoms with Crippen LogP contribution >= 0.6 is 0 Å². The second kappa shape index (κ2) is 4.45. The molecule has 0 radical (unpaired) electrons. The second-order valence-corrected chi connectivity index (χ2v) is 5.67. The van der Waals surface area contributed by atoms with Crippen molar-refractivity contribution >= 4 is 16.9 Å². The highest BCUT2D eigenvalue weighted by Crippen LogP contribution is 2.33. The zero-order valence-electron chi connectivity index (χ0n) is 11.8. The standard InChI is InChI=1S/C17H16N4/c1-17(15-9-13-16(21-15)19-8-7-18-13)10-14(20-11-17)12-5-3-2-4-6-12/h2-10,20H,11H2,1H3,(H,19,21). The van der Waals surface area contributed by atoms with Crippen molar-refractivity contribution in [1.29, 1.82) is 0 Å². The molecule has 21 heavy (non-hydrogen) atoms. The first kappa shape index (κ1) is 12.1. The highest BCUT2D eigenvalue weighted by molar-refractivity contribution is 5.74. The van der Waals surface area contributed by atoms with E-state index in [-0.39, 0.29) is 5.41 Å². The molecule has 4 heteroatoms. The Morgan fingerprint density at radius 3 is 2.71 bits per heavy atom. The Kier molecular flexibility index (Phi) is 2.57. The molecule has 1 aliphatic rings. The summed E-state index contributed by atoms with van der Waals surface area (Å²) in [5.74, 6) is 0. The maximum atomic E-state index is 4.35. The lowest BCUT2D eigenvalue weighted by Gasteiger charge is -2.18. The van der Waals surface area contributed by atoms with Gasteiger partial charge >= 0.3 is 0 Å². The van der Waals surface area contributed by atoms with Crippen LogP contribution in [-0.2, 0) is 5.41 Å². The average Bonchev–Trinajstić information content (AvgIpc) is 3.13. The van der Waals surface area contributed by atoms with E-state index in [1.54, 1.807) is 12.4 Å². The molecule has 0 bridgehead atoms. The summed E-state index contributed by atoms with van der Waals surface area (Å²) in [7, 11) is 0. The van der Waals surface area contributed by atoms with E-state index in [0.29, 0.717) is 0 Å². The molecule has 0 aliphatic carbocycles. The summed E-state index contributed by atoms with van der Waals surface area (Å²) in [6, 6.07) is 12.5. The van der Waals surface area contributed by atoms with Crippen molar-refractivity contribution in [3.8, 4) is 0 Å². The topological polar surface area (TPSA) is 53.6 Å². The lowest BCUT2D eigenvalue weighted by molar-refractivity contribution is 0.591. The molecule has 3 heterocycles. The van der Waals surface area contributed by atoms with Gasteiger partial charge in [0.05, 0.1) is 0 Å². The maximum absolute atomic E-state index is 4.35. The molecule has 2 N–H and O–H groups in total. The first-order chi connectivity index (χ1) is 10.2. The van der Waals surface area contributed by atoms with Gasteiger partial charge in [-0.1, -0.05) is 30.3 Å². The van der Waals surface area contributed by atoms with Gasteiger partial charge in [0.1, 0.15) is 5.52 Å². The monoisotopic (exact) mass is 276 g/mol. The molecular weight excluding hydrogens is 260 g/mol. The summed E-state index contributed by atoms with van der Waals surface area (Å²) in [6.07, 6.45) is 5.72. The van der Waals surface area contributed by atoms with Crippen molar-refractivity contribution in [1.82, 2.24) is 20.3 Å². The molecule has 3 aromatic rings. The van der Waals surface area contributed by atoms with Gasteiger partial charge in [-0.25, -0.2) is 4.98 Å². The Hall–Kier alpha value is -2.62. The Bertz CT molecular complexity index is 786. The van der Waals surface area contributed by atoms with E-state index in [1.165, 1.54) is 11.3 Å². The molecule has 0 saturated heterocycles. The van der Waals surface area contributed by atoms with Crippen LogP contribution in [-0.4, -0.2) is 21.5 Å². The van der Waals surface area contributed by atoms with Crippen LogP contribution in [0.15, 0.2) is 54.9 Å². The number of benzene rings is 1. The van der Waals surface area contributed by atoms with Crippen LogP contribution in [0.3, 0.4) is 0 Å². The van der Waals surface area contributed by atoms with Crippen LogP contribution < -0.4 is 5.32 Å². The number of rotatable bonds is 2. The lowest BCUT2D eigenvalue weighted by atomic mass is 9.88. The minimum Gasteiger partial charge on any atom is -0.384 e. The number of fused-ring (bicyclic) bond motifs is 1. The smallest absolute Gasteiger partial charge is 0.156 e. The normalized spacial score (nSPS) is 21.3. The van der Waals surface area contributed by atoms with Crippen LogP contribution in [0.5, 0.6) is 0 Å². The third-order valence-corrected chi connectivity index (χ3v) is 4.07. The molecular formula is C17H16N4. The molecule has 1 aliphatic heterocycles. The van der Waals surface area contributed by atoms with E-state index < -0.39 is 0 Å². The molecule has 104 valence electrons. The van der Waals surface area contributed by atoms with Crippen molar-refractivity contribution in [3.05, 3.63) is 66.1 Å².